The number of nitrogen functional groups attached to an aromatic ring is 1. The van der Waals surface area contributed by atoms with Gasteiger partial charge in [-0.3, -0.25) is 0 Å². The molecule has 1 rings (SSSR count). The third-order valence-corrected chi connectivity index (χ3v) is 5.54. The SMILES string of the molecule is CCS(=O)(=O)CCNS(=O)(=O)c1cccnc1NN. The topological polar surface area (TPSA) is 131 Å². The van der Waals surface area contributed by atoms with Gasteiger partial charge in [-0.15, -0.1) is 0 Å². The number of anilines is 1. The van der Waals surface area contributed by atoms with Crippen LogP contribution >= 0.6 is 0 Å². The predicted molar refractivity (Wildman–Crippen MR) is 71.6 cm³/mol. The molecule has 10 heteroatoms. The van der Waals surface area contributed by atoms with E-state index in [0.717, 1.165) is 0 Å². The van der Waals surface area contributed by atoms with Gasteiger partial charge in [0.05, 0.1) is 5.75 Å². The van der Waals surface area contributed by atoms with Crippen molar-refractivity contribution in [3.63, 3.8) is 0 Å². The smallest absolute Gasteiger partial charge is 0.244 e. The van der Waals surface area contributed by atoms with Crippen molar-refractivity contribution < 1.29 is 16.8 Å². The summed E-state index contributed by atoms with van der Waals surface area (Å²) in [6, 6.07) is 2.76. The van der Waals surface area contributed by atoms with Crippen molar-refractivity contribution >= 4 is 25.7 Å². The molecule has 0 radical (unpaired) electrons. The molecule has 0 aliphatic carbocycles. The first kappa shape index (κ1) is 15.8. The summed E-state index contributed by atoms with van der Waals surface area (Å²) in [5, 5.41) is 0. The summed E-state index contributed by atoms with van der Waals surface area (Å²) in [5.74, 6) is 4.87. The minimum Gasteiger partial charge on any atom is -0.307 e. The molecule has 1 heterocycles. The highest BCUT2D eigenvalue weighted by Gasteiger charge is 2.19. The molecule has 0 saturated heterocycles. The Bertz CT molecular complexity index is 627. The van der Waals surface area contributed by atoms with Crippen LogP contribution in [0.25, 0.3) is 0 Å². The van der Waals surface area contributed by atoms with Crippen LogP contribution < -0.4 is 16.0 Å². The standard InChI is InChI=1S/C9H16N4O4S2/c1-2-18(14,15)7-6-12-19(16,17)8-4-3-5-11-9(8)13-10/h3-5,12H,2,6-7,10H2,1H3,(H,11,13). The number of aromatic nitrogens is 1. The maximum Gasteiger partial charge on any atom is 0.244 e. The third kappa shape index (κ3) is 4.42. The lowest BCUT2D eigenvalue weighted by molar-refractivity contribution is 0.581. The van der Waals surface area contributed by atoms with Gasteiger partial charge in [-0.25, -0.2) is 32.4 Å². The Kier molecular flexibility index (Phi) is 5.23. The molecular weight excluding hydrogens is 292 g/mol. The van der Waals surface area contributed by atoms with Gasteiger partial charge in [0, 0.05) is 18.5 Å². The number of hydrogen-bond acceptors (Lipinski definition) is 7. The largest absolute Gasteiger partial charge is 0.307 e. The van der Waals surface area contributed by atoms with E-state index in [0.29, 0.717) is 0 Å². The molecule has 19 heavy (non-hydrogen) atoms. The van der Waals surface area contributed by atoms with Crippen LogP contribution in [0.15, 0.2) is 23.2 Å². The maximum atomic E-state index is 11.9. The molecule has 108 valence electrons. The van der Waals surface area contributed by atoms with Crippen molar-refractivity contribution in [3.8, 4) is 0 Å². The minimum atomic E-state index is -3.85. The summed E-state index contributed by atoms with van der Waals surface area (Å²) in [7, 11) is -7.08. The van der Waals surface area contributed by atoms with Crippen molar-refractivity contribution in [2.24, 2.45) is 5.84 Å². The summed E-state index contributed by atoms with van der Waals surface area (Å²) >= 11 is 0. The number of nitrogens with one attached hydrogen (secondary N) is 2. The highest BCUT2D eigenvalue weighted by Crippen LogP contribution is 2.16. The first-order valence-corrected chi connectivity index (χ1v) is 8.74. The molecule has 0 aliphatic rings. The van der Waals surface area contributed by atoms with Gasteiger partial charge in [0.15, 0.2) is 15.7 Å². The Morgan fingerprint density at radius 1 is 1.32 bits per heavy atom. The zero-order valence-electron chi connectivity index (χ0n) is 10.3. The highest BCUT2D eigenvalue weighted by atomic mass is 32.2. The first-order valence-electron chi connectivity index (χ1n) is 5.44. The van der Waals surface area contributed by atoms with Crippen LogP contribution in [0.4, 0.5) is 5.82 Å². The summed E-state index contributed by atoms with van der Waals surface area (Å²) < 4.78 is 48.6. The fourth-order valence-electron chi connectivity index (χ4n) is 1.27. The van der Waals surface area contributed by atoms with Gasteiger partial charge in [-0.05, 0) is 12.1 Å². The van der Waals surface area contributed by atoms with Gasteiger partial charge in [-0.1, -0.05) is 6.92 Å². The van der Waals surface area contributed by atoms with Gasteiger partial charge in [0.1, 0.15) is 4.90 Å². The molecule has 0 aromatic carbocycles. The summed E-state index contributed by atoms with van der Waals surface area (Å²) in [5.41, 5.74) is 2.17. The second kappa shape index (κ2) is 6.28. The molecule has 1 aromatic heterocycles. The molecular formula is C9H16N4O4S2. The van der Waals surface area contributed by atoms with E-state index in [2.05, 4.69) is 15.1 Å². The van der Waals surface area contributed by atoms with E-state index in [9.17, 15) is 16.8 Å². The zero-order chi connectivity index (χ0) is 14.5. The van der Waals surface area contributed by atoms with Crippen LogP contribution in [-0.2, 0) is 19.9 Å². The normalized spacial score (nSPS) is 12.3. The minimum absolute atomic E-state index is 0.00616. The third-order valence-electron chi connectivity index (χ3n) is 2.34. The molecule has 0 spiro atoms. The fourth-order valence-corrected chi connectivity index (χ4v) is 3.25. The fraction of sp³-hybridized carbons (Fsp3) is 0.444. The lowest BCUT2D eigenvalue weighted by atomic mass is 10.5. The second-order valence-corrected chi connectivity index (χ2v) is 7.84. The number of rotatable bonds is 7. The van der Waals surface area contributed by atoms with E-state index in [4.69, 9.17) is 5.84 Å². The number of nitrogens with two attached hydrogens (primary N) is 1. The van der Waals surface area contributed by atoms with E-state index < -0.39 is 19.9 Å². The second-order valence-electron chi connectivity index (χ2n) is 3.63. The lowest BCUT2D eigenvalue weighted by Crippen LogP contribution is -2.30. The Morgan fingerprint density at radius 2 is 2.00 bits per heavy atom. The zero-order valence-corrected chi connectivity index (χ0v) is 12.0. The summed E-state index contributed by atoms with van der Waals surface area (Å²) in [6.45, 7) is 1.30. The molecule has 1 aromatic rings. The van der Waals surface area contributed by atoms with Crippen molar-refractivity contribution in [1.82, 2.24) is 9.71 Å². The average molecular weight is 308 g/mol. The number of nitrogens with zero attached hydrogens (tertiary/aromatic N) is 1. The monoisotopic (exact) mass is 308 g/mol. The Balaban J connectivity index is 2.82. The molecule has 8 nitrogen and oxygen atoms in total. The van der Waals surface area contributed by atoms with Crippen LogP contribution in [0.5, 0.6) is 0 Å². The number of hydrogen-bond donors (Lipinski definition) is 3. The summed E-state index contributed by atoms with van der Waals surface area (Å²) in [6.07, 6.45) is 1.38. The van der Waals surface area contributed by atoms with Crippen molar-refractivity contribution in [3.05, 3.63) is 18.3 Å². The van der Waals surface area contributed by atoms with Crippen molar-refractivity contribution in [2.75, 3.05) is 23.5 Å². The van der Waals surface area contributed by atoms with Crippen molar-refractivity contribution in [1.29, 1.82) is 0 Å². The van der Waals surface area contributed by atoms with Crippen LogP contribution in [0.2, 0.25) is 0 Å². The molecule has 0 atom stereocenters. The van der Waals surface area contributed by atoms with Crippen LogP contribution in [-0.4, -0.2) is 39.9 Å². The number of sulfone groups is 1. The van der Waals surface area contributed by atoms with E-state index >= 15 is 0 Å². The lowest BCUT2D eigenvalue weighted by Gasteiger charge is -2.09. The van der Waals surface area contributed by atoms with E-state index in [1.807, 2.05) is 0 Å². The van der Waals surface area contributed by atoms with Gasteiger partial charge in [0.25, 0.3) is 0 Å². The Labute approximate surface area is 112 Å². The van der Waals surface area contributed by atoms with E-state index in [-0.39, 0.29) is 28.8 Å². The number of pyridine rings is 1. The van der Waals surface area contributed by atoms with Gasteiger partial charge in [-0.2, -0.15) is 0 Å². The molecule has 0 bridgehead atoms. The number of hydrazine groups is 1. The van der Waals surface area contributed by atoms with Crippen LogP contribution in [0.3, 0.4) is 0 Å². The molecule has 0 fully saturated rings. The predicted octanol–water partition coefficient (Wildman–Crippen LogP) is -0.920. The van der Waals surface area contributed by atoms with Gasteiger partial charge >= 0.3 is 0 Å². The van der Waals surface area contributed by atoms with E-state index in [1.165, 1.54) is 25.3 Å². The van der Waals surface area contributed by atoms with Crippen LogP contribution in [0, 0.1) is 0 Å². The molecule has 0 saturated carbocycles. The molecule has 4 N–H and O–H groups in total. The van der Waals surface area contributed by atoms with E-state index in [1.54, 1.807) is 0 Å². The van der Waals surface area contributed by atoms with Crippen molar-refractivity contribution in [2.45, 2.75) is 11.8 Å². The van der Waals surface area contributed by atoms with Gasteiger partial charge < -0.3 is 5.43 Å². The van der Waals surface area contributed by atoms with Gasteiger partial charge in [0.2, 0.25) is 10.0 Å². The summed E-state index contributed by atoms with van der Waals surface area (Å²) in [4.78, 5) is 3.63. The first-order chi connectivity index (χ1) is 8.82. The maximum absolute atomic E-state index is 11.9. The van der Waals surface area contributed by atoms with Crippen LogP contribution in [0.1, 0.15) is 6.92 Å². The highest BCUT2D eigenvalue weighted by molar-refractivity contribution is 7.91. The Morgan fingerprint density at radius 3 is 2.58 bits per heavy atom. The molecule has 0 amide bonds. The quantitative estimate of drug-likeness (QED) is 0.438. The molecule has 0 unspecified atom stereocenters. The average Bonchev–Trinajstić information content (AvgIpc) is 2.38. The Hall–Kier alpha value is -1.23. The molecule has 0 aliphatic heterocycles. The number of sulfonamides is 1.